The molecule has 3 N–H and O–H groups in total. The summed E-state index contributed by atoms with van der Waals surface area (Å²) < 4.78 is 13.2. The van der Waals surface area contributed by atoms with Crippen molar-refractivity contribution in [3.8, 4) is 0 Å². The van der Waals surface area contributed by atoms with Crippen LogP contribution in [0.25, 0.3) is 0 Å². The zero-order chi connectivity index (χ0) is 16.2. The molecule has 1 atom stereocenters. The van der Waals surface area contributed by atoms with E-state index >= 15 is 0 Å². The lowest BCUT2D eigenvalue weighted by Crippen LogP contribution is -2.43. The molecule has 5 heteroatoms. The van der Waals surface area contributed by atoms with Crippen LogP contribution in [0, 0.1) is 11.7 Å². The average Bonchev–Trinajstić information content (AvgIpc) is 2.47. The van der Waals surface area contributed by atoms with E-state index < -0.39 is 6.10 Å². The van der Waals surface area contributed by atoms with Crippen molar-refractivity contribution in [2.75, 3.05) is 6.54 Å². The maximum atomic E-state index is 13.2. The van der Waals surface area contributed by atoms with Crippen molar-refractivity contribution >= 4 is 12.4 Å². The van der Waals surface area contributed by atoms with Crippen molar-refractivity contribution in [2.45, 2.75) is 63.7 Å². The molecule has 1 aromatic carbocycles. The highest BCUT2D eigenvalue weighted by Gasteiger charge is 2.27. The van der Waals surface area contributed by atoms with Gasteiger partial charge in [0.2, 0.25) is 0 Å². The lowest BCUT2D eigenvalue weighted by atomic mass is 9.80. The summed E-state index contributed by atoms with van der Waals surface area (Å²) >= 11 is 0. The molecule has 1 aliphatic carbocycles. The van der Waals surface area contributed by atoms with Crippen molar-refractivity contribution in [2.24, 2.45) is 5.92 Å². The third-order valence-corrected chi connectivity index (χ3v) is 4.62. The summed E-state index contributed by atoms with van der Waals surface area (Å²) in [6, 6.07) is 6.12. The van der Waals surface area contributed by atoms with Crippen LogP contribution in [0.3, 0.4) is 0 Å². The van der Waals surface area contributed by atoms with E-state index in [0.717, 1.165) is 32.1 Å². The van der Waals surface area contributed by atoms with Gasteiger partial charge in [-0.3, -0.25) is 0 Å². The predicted octanol–water partition coefficient (Wildman–Crippen LogP) is 3.59. The number of hydrogen-bond acceptors (Lipinski definition) is 3. The normalized spacial score (nSPS) is 23.2. The molecule has 3 nitrogen and oxygen atoms in total. The summed E-state index contributed by atoms with van der Waals surface area (Å²) in [5.41, 5.74) is 0.519. The molecule has 0 spiro atoms. The Hall–Kier alpha value is -0.680. The Balaban J connectivity index is 0.00000264. The third kappa shape index (κ3) is 6.76. The Morgan fingerprint density at radius 3 is 2.52 bits per heavy atom. The fourth-order valence-corrected chi connectivity index (χ4v) is 3.35. The number of aliphatic hydroxyl groups excluding tert-OH is 2. The summed E-state index contributed by atoms with van der Waals surface area (Å²) in [5.74, 6) is 0.300. The van der Waals surface area contributed by atoms with Crippen molar-refractivity contribution in [1.29, 1.82) is 0 Å². The zero-order valence-electron chi connectivity index (χ0n) is 14.0. The summed E-state index contributed by atoms with van der Waals surface area (Å²) in [6.45, 7) is 4.68. The van der Waals surface area contributed by atoms with Gasteiger partial charge in [0.1, 0.15) is 5.82 Å². The second-order valence-corrected chi connectivity index (χ2v) is 7.21. The molecule has 2 rings (SSSR count). The number of hydrogen-bond donors (Lipinski definition) is 3. The van der Waals surface area contributed by atoms with Crippen LogP contribution in [0.2, 0.25) is 0 Å². The molecule has 1 aliphatic rings. The largest absolute Gasteiger partial charge is 0.393 e. The van der Waals surface area contributed by atoms with Crippen LogP contribution in [-0.2, 0) is 0 Å². The van der Waals surface area contributed by atoms with Crippen LogP contribution in [0.4, 0.5) is 4.39 Å². The maximum Gasteiger partial charge on any atom is 0.123 e. The Kier molecular flexibility index (Phi) is 7.95. The van der Waals surface area contributed by atoms with Crippen LogP contribution in [-0.4, -0.2) is 28.4 Å². The molecule has 1 fully saturated rings. The number of halogens is 2. The number of nitrogens with one attached hydrogen (secondary N) is 1. The molecule has 0 radical (unpaired) electrons. The SMILES string of the molecule is CC(C)(CC1CCC(O)CC1)NC[C@H](O)c1cccc(F)c1.Cl. The summed E-state index contributed by atoms with van der Waals surface area (Å²) in [4.78, 5) is 0. The van der Waals surface area contributed by atoms with Gasteiger partial charge in [-0.05, 0) is 69.6 Å². The van der Waals surface area contributed by atoms with E-state index in [1.807, 2.05) is 0 Å². The molecule has 0 bridgehead atoms. The van der Waals surface area contributed by atoms with E-state index in [9.17, 15) is 14.6 Å². The Morgan fingerprint density at radius 1 is 1.26 bits per heavy atom. The summed E-state index contributed by atoms with van der Waals surface area (Å²) in [6.07, 6.45) is 4.12. The van der Waals surface area contributed by atoms with Gasteiger partial charge in [0.05, 0.1) is 12.2 Å². The summed E-state index contributed by atoms with van der Waals surface area (Å²) in [7, 11) is 0. The first-order chi connectivity index (χ1) is 10.4. The second kappa shape index (κ2) is 8.97. The zero-order valence-corrected chi connectivity index (χ0v) is 14.8. The first kappa shape index (κ1) is 20.4. The fraction of sp³-hybridized carbons (Fsp3) is 0.667. The highest BCUT2D eigenvalue weighted by atomic mass is 35.5. The molecule has 1 saturated carbocycles. The van der Waals surface area contributed by atoms with Crippen LogP contribution < -0.4 is 5.32 Å². The number of benzene rings is 1. The quantitative estimate of drug-likeness (QED) is 0.738. The molecule has 0 saturated heterocycles. The van der Waals surface area contributed by atoms with Crippen molar-refractivity contribution in [3.05, 3.63) is 35.6 Å². The molecule has 132 valence electrons. The first-order valence-electron chi connectivity index (χ1n) is 8.22. The lowest BCUT2D eigenvalue weighted by molar-refractivity contribution is 0.0949. The molecule has 23 heavy (non-hydrogen) atoms. The fourth-order valence-electron chi connectivity index (χ4n) is 3.35. The van der Waals surface area contributed by atoms with E-state index in [1.54, 1.807) is 12.1 Å². The number of rotatable bonds is 6. The molecule has 0 heterocycles. The highest BCUT2D eigenvalue weighted by Crippen LogP contribution is 2.31. The molecule has 0 aliphatic heterocycles. The van der Waals surface area contributed by atoms with Gasteiger partial charge >= 0.3 is 0 Å². The smallest absolute Gasteiger partial charge is 0.123 e. The Labute approximate surface area is 144 Å². The monoisotopic (exact) mass is 345 g/mol. The minimum Gasteiger partial charge on any atom is -0.393 e. The van der Waals surface area contributed by atoms with Crippen LogP contribution in [0.1, 0.15) is 57.6 Å². The van der Waals surface area contributed by atoms with Crippen molar-refractivity contribution in [1.82, 2.24) is 5.32 Å². The van der Waals surface area contributed by atoms with Gasteiger partial charge in [0, 0.05) is 12.1 Å². The molecule has 0 amide bonds. The average molecular weight is 346 g/mol. The molecule has 0 unspecified atom stereocenters. The van der Waals surface area contributed by atoms with Gasteiger partial charge in [-0.25, -0.2) is 4.39 Å². The molecular formula is C18H29ClFNO2. The van der Waals surface area contributed by atoms with Gasteiger partial charge in [-0.15, -0.1) is 12.4 Å². The predicted molar refractivity (Wildman–Crippen MR) is 93.3 cm³/mol. The van der Waals surface area contributed by atoms with Crippen molar-refractivity contribution < 1.29 is 14.6 Å². The minimum absolute atomic E-state index is 0. The number of β-amino-alcohol motifs (C(OH)–C–C–N with tert-alkyl or cyclic N) is 1. The van der Waals surface area contributed by atoms with E-state index in [-0.39, 0.29) is 29.9 Å². The van der Waals surface area contributed by atoms with Crippen LogP contribution >= 0.6 is 12.4 Å². The van der Waals surface area contributed by atoms with E-state index in [1.165, 1.54) is 12.1 Å². The van der Waals surface area contributed by atoms with E-state index in [0.29, 0.717) is 18.0 Å². The van der Waals surface area contributed by atoms with Crippen LogP contribution in [0.15, 0.2) is 24.3 Å². The van der Waals surface area contributed by atoms with E-state index in [2.05, 4.69) is 19.2 Å². The second-order valence-electron chi connectivity index (χ2n) is 7.21. The highest BCUT2D eigenvalue weighted by molar-refractivity contribution is 5.85. The van der Waals surface area contributed by atoms with Gasteiger partial charge in [-0.1, -0.05) is 12.1 Å². The van der Waals surface area contributed by atoms with Gasteiger partial charge in [-0.2, -0.15) is 0 Å². The van der Waals surface area contributed by atoms with Gasteiger partial charge < -0.3 is 15.5 Å². The number of aliphatic hydroxyl groups is 2. The Morgan fingerprint density at radius 2 is 1.91 bits per heavy atom. The van der Waals surface area contributed by atoms with Gasteiger partial charge in [0.25, 0.3) is 0 Å². The van der Waals surface area contributed by atoms with E-state index in [4.69, 9.17) is 0 Å². The first-order valence-corrected chi connectivity index (χ1v) is 8.22. The maximum absolute atomic E-state index is 13.2. The summed E-state index contributed by atoms with van der Waals surface area (Å²) in [5, 5.41) is 23.2. The van der Waals surface area contributed by atoms with Crippen molar-refractivity contribution in [3.63, 3.8) is 0 Å². The lowest BCUT2D eigenvalue weighted by Gasteiger charge is -2.34. The van der Waals surface area contributed by atoms with Gasteiger partial charge in [0.15, 0.2) is 0 Å². The standard InChI is InChI=1S/C18H28FNO2.ClH/c1-18(2,11-13-6-8-16(21)9-7-13)20-12-17(22)14-4-3-5-15(19)10-14;/h3-5,10,13,16-17,20-22H,6-9,11-12H2,1-2H3;1H/t13?,16?,17-;/m0./s1. The molecule has 1 aromatic rings. The molecule has 0 aromatic heterocycles. The topological polar surface area (TPSA) is 52.5 Å². The minimum atomic E-state index is -0.705. The molecular weight excluding hydrogens is 317 g/mol. The van der Waals surface area contributed by atoms with Crippen LogP contribution in [0.5, 0.6) is 0 Å². The third-order valence-electron chi connectivity index (χ3n) is 4.62. The Bertz CT molecular complexity index is 476.